The zero-order valence-electron chi connectivity index (χ0n) is 13.0. The molecule has 3 nitrogen and oxygen atoms in total. The van der Waals surface area contributed by atoms with Gasteiger partial charge in [0.25, 0.3) is 0 Å². The fourth-order valence-corrected chi connectivity index (χ4v) is 2.91. The van der Waals surface area contributed by atoms with Crippen LogP contribution in [0.4, 0.5) is 0 Å². The highest BCUT2D eigenvalue weighted by Crippen LogP contribution is 2.31. The van der Waals surface area contributed by atoms with Gasteiger partial charge < -0.3 is 14.6 Å². The molecule has 4 heteroatoms. The summed E-state index contributed by atoms with van der Waals surface area (Å²) < 4.78 is 2.15. The summed E-state index contributed by atoms with van der Waals surface area (Å²) in [5.74, 6) is 0. The molecule has 0 fully saturated rings. The van der Waals surface area contributed by atoms with E-state index in [-0.39, 0.29) is 0 Å². The Morgan fingerprint density at radius 2 is 1.83 bits per heavy atom. The normalized spacial score (nSPS) is 11.3. The molecule has 0 radical (unpaired) electrons. The molecule has 2 aromatic carbocycles. The van der Waals surface area contributed by atoms with Crippen LogP contribution in [0, 0.1) is 0 Å². The first kappa shape index (κ1) is 15.3. The number of para-hydroxylation sites is 1. The number of hydrogen-bond donors (Lipinski definition) is 2. The second kappa shape index (κ2) is 6.28. The first-order chi connectivity index (χ1) is 11.2. The van der Waals surface area contributed by atoms with Crippen LogP contribution in [0.1, 0.15) is 18.2 Å². The van der Waals surface area contributed by atoms with E-state index in [1.807, 2.05) is 67.6 Å². The Morgan fingerprint density at radius 1 is 1.09 bits per heavy atom. The van der Waals surface area contributed by atoms with Crippen molar-refractivity contribution in [1.29, 1.82) is 0 Å². The van der Waals surface area contributed by atoms with E-state index in [9.17, 15) is 10.0 Å². The van der Waals surface area contributed by atoms with E-state index in [4.69, 9.17) is 0 Å². The molecule has 0 amide bonds. The maximum atomic E-state index is 9.45. The molecule has 0 saturated heterocycles. The maximum absolute atomic E-state index is 9.45. The number of allylic oxidation sites excluding steroid dienone is 1. The summed E-state index contributed by atoms with van der Waals surface area (Å²) in [6.45, 7) is 5.91. The zero-order chi connectivity index (χ0) is 16.4. The molecule has 0 unspecified atom stereocenters. The van der Waals surface area contributed by atoms with E-state index in [0.29, 0.717) is 5.46 Å². The minimum atomic E-state index is -1.48. The summed E-state index contributed by atoms with van der Waals surface area (Å²) in [6, 6.07) is 15.5. The fraction of sp³-hybridized carbons (Fsp3) is 0.0526. The molecular formula is C19H18BNO2. The first-order valence-electron chi connectivity index (χ1n) is 7.52. The molecule has 23 heavy (non-hydrogen) atoms. The van der Waals surface area contributed by atoms with Crippen molar-refractivity contribution in [3.05, 3.63) is 72.4 Å². The largest absolute Gasteiger partial charge is 0.488 e. The number of hydrogen-bond acceptors (Lipinski definition) is 2. The maximum Gasteiger partial charge on any atom is 0.488 e. The Morgan fingerprint density at radius 3 is 2.43 bits per heavy atom. The summed E-state index contributed by atoms with van der Waals surface area (Å²) in [5.41, 5.74) is 4.52. The van der Waals surface area contributed by atoms with Gasteiger partial charge in [-0.05, 0) is 36.7 Å². The average Bonchev–Trinajstić information content (AvgIpc) is 2.88. The van der Waals surface area contributed by atoms with Crippen LogP contribution < -0.4 is 5.46 Å². The summed E-state index contributed by atoms with van der Waals surface area (Å²) in [6.07, 6.45) is 5.84. The van der Waals surface area contributed by atoms with Gasteiger partial charge in [0.2, 0.25) is 0 Å². The van der Waals surface area contributed by atoms with Gasteiger partial charge in [-0.1, -0.05) is 49.1 Å². The van der Waals surface area contributed by atoms with Gasteiger partial charge in [0.05, 0.1) is 11.2 Å². The van der Waals surface area contributed by atoms with Crippen molar-refractivity contribution in [2.45, 2.75) is 6.92 Å². The molecular weight excluding hydrogens is 285 g/mol. The van der Waals surface area contributed by atoms with Gasteiger partial charge in [-0.2, -0.15) is 0 Å². The Balaban J connectivity index is 2.42. The molecule has 3 aromatic rings. The molecule has 0 spiro atoms. The Labute approximate surface area is 136 Å². The third-order valence-corrected chi connectivity index (χ3v) is 3.91. The SMILES string of the molecule is C=Cc1c(/C=C\C)n(-c2ccccc2)c2ccc(B(O)O)cc12. The van der Waals surface area contributed by atoms with Gasteiger partial charge in [-0.25, -0.2) is 0 Å². The highest BCUT2D eigenvalue weighted by molar-refractivity contribution is 6.59. The Kier molecular flexibility index (Phi) is 4.19. The molecule has 1 heterocycles. The summed E-state index contributed by atoms with van der Waals surface area (Å²) >= 11 is 0. The van der Waals surface area contributed by atoms with Crippen LogP contribution in [-0.4, -0.2) is 21.7 Å². The van der Waals surface area contributed by atoms with Gasteiger partial charge in [0, 0.05) is 16.6 Å². The highest BCUT2D eigenvalue weighted by atomic mass is 16.4. The van der Waals surface area contributed by atoms with Gasteiger partial charge in [0.1, 0.15) is 0 Å². The monoisotopic (exact) mass is 303 g/mol. The molecule has 3 rings (SSSR count). The summed E-state index contributed by atoms with van der Waals surface area (Å²) in [5, 5.41) is 19.9. The molecule has 0 aliphatic heterocycles. The van der Waals surface area contributed by atoms with Crippen molar-refractivity contribution in [1.82, 2.24) is 4.57 Å². The molecule has 2 N–H and O–H groups in total. The van der Waals surface area contributed by atoms with E-state index in [2.05, 4.69) is 11.1 Å². The van der Waals surface area contributed by atoms with Crippen LogP contribution in [-0.2, 0) is 0 Å². The van der Waals surface area contributed by atoms with Crippen molar-refractivity contribution in [3.63, 3.8) is 0 Å². The molecule has 1 aromatic heterocycles. The highest BCUT2D eigenvalue weighted by Gasteiger charge is 2.18. The van der Waals surface area contributed by atoms with Crippen molar-refractivity contribution in [3.8, 4) is 5.69 Å². The summed E-state index contributed by atoms with van der Waals surface area (Å²) in [4.78, 5) is 0. The molecule has 0 aliphatic rings. The van der Waals surface area contributed by atoms with Crippen molar-refractivity contribution < 1.29 is 10.0 Å². The number of benzene rings is 2. The molecule has 0 saturated carbocycles. The lowest BCUT2D eigenvalue weighted by Crippen LogP contribution is -2.29. The number of nitrogens with zero attached hydrogens (tertiary/aromatic N) is 1. The quantitative estimate of drug-likeness (QED) is 0.728. The average molecular weight is 303 g/mol. The number of aromatic nitrogens is 1. The van der Waals surface area contributed by atoms with E-state index in [1.165, 1.54) is 0 Å². The van der Waals surface area contributed by atoms with Crippen molar-refractivity contribution in [2.24, 2.45) is 0 Å². The third-order valence-electron chi connectivity index (χ3n) is 3.91. The van der Waals surface area contributed by atoms with Crippen LogP contribution in [0.25, 0.3) is 28.7 Å². The predicted molar refractivity (Wildman–Crippen MR) is 97.9 cm³/mol. The minimum Gasteiger partial charge on any atom is -0.423 e. The molecule has 0 bridgehead atoms. The van der Waals surface area contributed by atoms with Gasteiger partial charge in [-0.15, -0.1) is 0 Å². The standard InChI is InChI=1S/C19H18BNO2/c1-3-8-18-16(4-2)17-13-14(20(22)23)11-12-19(17)21(18)15-9-6-5-7-10-15/h3-13,22-23H,2H2,1H3/b8-3-. The van der Waals surface area contributed by atoms with E-state index >= 15 is 0 Å². The second-order valence-electron chi connectivity index (χ2n) is 5.32. The third kappa shape index (κ3) is 2.63. The van der Waals surface area contributed by atoms with Gasteiger partial charge in [-0.3, -0.25) is 0 Å². The van der Waals surface area contributed by atoms with Crippen molar-refractivity contribution >= 4 is 35.6 Å². The lowest BCUT2D eigenvalue weighted by molar-refractivity contribution is 0.426. The van der Waals surface area contributed by atoms with Crippen LogP contribution >= 0.6 is 0 Å². The van der Waals surface area contributed by atoms with Crippen LogP contribution in [0.3, 0.4) is 0 Å². The van der Waals surface area contributed by atoms with Gasteiger partial charge in [0.15, 0.2) is 0 Å². The fourth-order valence-electron chi connectivity index (χ4n) is 2.91. The summed E-state index contributed by atoms with van der Waals surface area (Å²) in [7, 11) is -1.48. The lowest BCUT2D eigenvalue weighted by Gasteiger charge is -2.09. The Hall–Kier alpha value is -2.56. The van der Waals surface area contributed by atoms with Crippen LogP contribution in [0.2, 0.25) is 0 Å². The first-order valence-corrected chi connectivity index (χ1v) is 7.52. The second-order valence-corrected chi connectivity index (χ2v) is 5.32. The topological polar surface area (TPSA) is 45.4 Å². The van der Waals surface area contributed by atoms with Gasteiger partial charge >= 0.3 is 7.12 Å². The number of fused-ring (bicyclic) bond motifs is 1. The van der Waals surface area contributed by atoms with E-state index < -0.39 is 7.12 Å². The minimum absolute atomic E-state index is 0.470. The molecule has 114 valence electrons. The lowest BCUT2D eigenvalue weighted by atomic mass is 9.79. The zero-order valence-corrected chi connectivity index (χ0v) is 13.0. The molecule has 0 atom stereocenters. The molecule has 0 aliphatic carbocycles. The Bertz CT molecular complexity index is 879. The van der Waals surface area contributed by atoms with E-state index in [1.54, 1.807) is 6.07 Å². The van der Waals surface area contributed by atoms with E-state index in [0.717, 1.165) is 27.8 Å². The van der Waals surface area contributed by atoms with Crippen molar-refractivity contribution in [2.75, 3.05) is 0 Å². The van der Waals surface area contributed by atoms with Crippen LogP contribution in [0.5, 0.6) is 0 Å². The number of rotatable bonds is 4. The smallest absolute Gasteiger partial charge is 0.423 e. The van der Waals surface area contributed by atoms with Crippen LogP contribution in [0.15, 0.2) is 61.2 Å². The predicted octanol–water partition coefficient (Wildman–Crippen LogP) is 2.99.